The predicted molar refractivity (Wildman–Crippen MR) is 94.5 cm³/mol. The van der Waals surface area contributed by atoms with Gasteiger partial charge in [0.05, 0.1) is 16.6 Å². The van der Waals surface area contributed by atoms with Gasteiger partial charge < -0.3 is 10.1 Å². The molecular formula is C18H14ClN3O3. The molecule has 2 aromatic carbocycles. The molecule has 0 aliphatic rings. The van der Waals surface area contributed by atoms with Crippen LogP contribution in [0.4, 0.5) is 5.69 Å². The summed E-state index contributed by atoms with van der Waals surface area (Å²) in [5.41, 5.74) is 2.13. The molecular weight excluding hydrogens is 342 g/mol. The summed E-state index contributed by atoms with van der Waals surface area (Å²) in [6.45, 7) is 1.50. The van der Waals surface area contributed by atoms with E-state index >= 15 is 0 Å². The van der Waals surface area contributed by atoms with Crippen LogP contribution in [0.2, 0.25) is 5.02 Å². The molecule has 0 fully saturated rings. The van der Waals surface area contributed by atoms with Crippen molar-refractivity contribution in [2.75, 3.05) is 5.32 Å². The van der Waals surface area contributed by atoms with Crippen LogP contribution < -0.4 is 5.32 Å². The van der Waals surface area contributed by atoms with Gasteiger partial charge in [-0.25, -0.2) is 4.79 Å². The van der Waals surface area contributed by atoms with E-state index in [0.29, 0.717) is 27.3 Å². The second-order valence-electron chi connectivity index (χ2n) is 5.30. The zero-order chi connectivity index (χ0) is 17.8. The number of aromatic nitrogens is 2. The van der Waals surface area contributed by atoms with Gasteiger partial charge in [-0.2, -0.15) is 0 Å². The van der Waals surface area contributed by atoms with E-state index in [9.17, 15) is 9.59 Å². The summed E-state index contributed by atoms with van der Waals surface area (Å²) in [5.74, 6) is -1.04. The molecule has 3 aromatic rings. The highest BCUT2D eigenvalue weighted by atomic mass is 35.5. The van der Waals surface area contributed by atoms with Crippen LogP contribution in [0.3, 0.4) is 0 Å². The van der Waals surface area contributed by atoms with Crippen LogP contribution >= 0.6 is 11.6 Å². The van der Waals surface area contributed by atoms with Crippen molar-refractivity contribution in [1.82, 2.24) is 9.97 Å². The third kappa shape index (κ3) is 4.10. The van der Waals surface area contributed by atoms with E-state index in [1.165, 1.54) is 6.92 Å². The third-order valence-corrected chi connectivity index (χ3v) is 3.72. The normalized spacial score (nSPS) is 11.8. The number of halogens is 1. The fraction of sp³-hybridized carbons (Fsp3) is 0.111. The summed E-state index contributed by atoms with van der Waals surface area (Å²) < 4.78 is 5.22. The lowest BCUT2D eigenvalue weighted by Gasteiger charge is -2.13. The predicted octanol–water partition coefficient (Wildman–Crippen LogP) is 3.47. The van der Waals surface area contributed by atoms with E-state index in [2.05, 4.69) is 15.3 Å². The van der Waals surface area contributed by atoms with Gasteiger partial charge >= 0.3 is 5.97 Å². The van der Waals surface area contributed by atoms with E-state index in [1.54, 1.807) is 54.9 Å². The highest BCUT2D eigenvalue weighted by Crippen LogP contribution is 2.15. The van der Waals surface area contributed by atoms with E-state index in [4.69, 9.17) is 16.3 Å². The molecule has 0 saturated heterocycles. The van der Waals surface area contributed by atoms with Crippen molar-refractivity contribution in [3.05, 3.63) is 65.4 Å². The van der Waals surface area contributed by atoms with Crippen LogP contribution in [0, 0.1) is 0 Å². The van der Waals surface area contributed by atoms with Crippen LogP contribution in [0.5, 0.6) is 0 Å². The van der Waals surface area contributed by atoms with Crippen molar-refractivity contribution in [2.45, 2.75) is 13.0 Å². The Balaban J connectivity index is 1.66. The minimum absolute atomic E-state index is 0.305. The lowest BCUT2D eigenvalue weighted by Crippen LogP contribution is -2.30. The van der Waals surface area contributed by atoms with Crippen LogP contribution in [-0.4, -0.2) is 27.9 Å². The lowest BCUT2D eigenvalue weighted by atomic mass is 10.2. The average Bonchev–Trinajstić information content (AvgIpc) is 2.63. The molecule has 0 spiro atoms. The van der Waals surface area contributed by atoms with Crippen molar-refractivity contribution >= 4 is 40.2 Å². The smallest absolute Gasteiger partial charge is 0.338 e. The Bertz CT molecular complexity index is 928. The number of rotatable bonds is 4. The first-order valence-electron chi connectivity index (χ1n) is 7.51. The number of esters is 1. The van der Waals surface area contributed by atoms with Crippen molar-refractivity contribution in [2.24, 2.45) is 0 Å². The van der Waals surface area contributed by atoms with Crippen molar-refractivity contribution in [3.8, 4) is 0 Å². The van der Waals surface area contributed by atoms with Crippen LogP contribution in [0.15, 0.2) is 54.9 Å². The maximum absolute atomic E-state index is 12.2. The summed E-state index contributed by atoms with van der Waals surface area (Å²) in [5, 5.41) is 3.22. The van der Waals surface area contributed by atoms with Gasteiger partial charge in [0.15, 0.2) is 6.10 Å². The number of amides is 1. The first-order valence-corrected chi connectivity index (χ1v) is 7.89. The van der Waals surface area contributed by atoms with Gasteiger partial charge in [0.25, 0.3) is 5.91 Å². The number of anilines is 1. The van der Waals surface area contributed by atoms with E-state index < -0.39 is 18.0 Å². The molecule has 1 aromatic heterocycles. The Morgan fingerprint density at radius 2 is 1.72 bits per heavy atom. The SMILES string of the molecule is C[C@H](OC(=O)c1ccc2nccnc2c1)C(=O)Nc1ccc(Cl)cc1. The number of carbonyl (C=O) groups is 2. The Kier molecular flexibility index (Phi) is 4.90. The van der Waals surface area contributed by atoms with Gasteiger partial charge in [0.2, 0.25) is 0 Å². The quantitative estimate of drug-likeness (QED) is 0.725. The van der Waals surface area contributed by atoms with Crippen molar-refractivity contribution < 1.29 is 14.3 Å². The van der Waals surface area contributed by atoms with Crippen LogP contribution in [0.1, 0.15) is 17.3 Å². The molecule has 0 saturated carbocycles. The number of benzene rings is 2. The van der Waals surface area contributed by atoms with Gasteiger partial charge in [0.1, 0.15) is 0 Å². The topological polar surface area (TPSA) is 81.2 Å². The summed E-state index contributed by atoms with van der Waals surface area (Å²) in [6.07, 6.45) is 2.16. The fourth-order valence-corrected chi connectivity index (χ4v) is 2.28. The molecule has 1 N–H and O–H groups in total. The molecule has 7 heteroatoms. The molecule has 0 bridgehead atoms. The molecule has 0 unspecified atom stereocenters. The largest absolute Gasteiger partial charge is 0.449 e. The van der Waals surface area contributed by atoms with E-state index in [0.717, 1.165) is 0 Å². The monoisotopic (exact) mass is 355 g/mol. The average molecular weight is 356 g/mol. The minimum atomic E-state index is -0.958. The number of hydrogen-bond acceptors (Lipinski definition) is 5. The number of nitrogens with one attached hydrogen (secondary N) is 1. The molecule has 3 rings (SSSR count). The van der Waals surface area contributed by atoms with Gasteiger partial charge in [-0.05, 0) is 49.4 Å². The second-order valence-corrected chi connectivity index (χ2v) is 5.74. The first kappa shape index (κ1) is 16.9. The van der Waals surface area contributed by atoms with E-state index in [-0.39, 0.29) is 0 Å². The minimum Gasteiger partial charge on any atom is -0.449 e. The molecule has 126 valence electrons. The summed E-state index contributed by atoms with van der Waals surface area (Å²) in [4.78, 5) is 32.6. The standard InChI is InChI=1S/C18H14ClN3O3/c1-11(17(23)22-14-5-3-13(19)4-6-14)25-18(24)12-2-7-15-16(10-12)21-9-8-20-15/h2-11H,1H3,(H,22,23)/t11-/m0/s1. The Morgan fingerprint density at radius 1 is 1.04 bits per heavy atom. The number of nitrogens with zero attached hydrogens (tertiary/aromatic N) is 2. The number of carbonyl (C=O) groups excluding carboxylic acids is 2. The molecule has 1 atom stereocenters. The second kappa shape index (κ2) is 7.27. The summed E-state index contributed by atoms with van der Waals surface area (Å²) in [6, 6.07) is 11.5. The maximum atomic E-state index is 12.2. The summed E-state index contributed by atoms with van der Waals surface area (Å²) in [7, 11) is 0. The number of hydrogen-bond donors (Lipinski definition) is 1. The van der Waals surface area contributed by atoms with Gasteiger partial charge in [-0.3, -0.25) is 14.8 Å². The van der Waals surface area contributed by atoms with Crippen molar-refractivity contribution in [1.29, 1.82) is 0 Å². The molecule has 1 amide bonds. The first-order chi connectivity index (χ1) is 12.0. The number of ether oxygens (including phenoxy) is 1. The lowest BCUT2D eigenvalue weighted by molar-refractivity contribution is -0.123. The van der Waals surface area contributed by atoms with Crippen LogP contribution in [-0.2, 0) is 9.53 Å². The number of fused-ring (bicyclic) bond motifs is 1. The zero-order valence-electron chi connectivity index (χ0n) is 13.3. The molecule has 1 heterocycles. The van der Waals surface area contributed by atoms with Crippen molar-refractivity contribution in [3.63, 3.8) is 0 Å². The highest BCUT2D eigenvalue weighted by molar-refractivity contribution is 6.30. The molecule has 6 nitrogen and oxygen atoms in total. The molecule has 0 aliphatic carbocycles. The summed E-state index contributed by atoms with van der Waals surface area (Å²) >= 11 is 5.80. The zero-order valence-corrected chi connectivity index (χ0v) is 14.0. The van der Waals surface area contributed by atoms with E-state index in [1.807, 2.05) is 0 Å². The molecule has 0 radical (unpaired) electrons. The van der Waals surface area contributed by atoms with Gasteiger partial charge in [-0.1, -0.05) is 11.6 Å². The third-order valence-electron chi connectivity index (χ3n) is 3.47. The highest BCUT2D eigenvalue weighted by Gasteiger charge is 2.19. The Morgan fingerprint density at radius 3 is 2.44 bits per heavy atom. The van der Waals surface area contributed by atoms with Gasteiger partial charge in [-0.15, -0.1) is 0 Å². The molecule has 25 heavy (non-hydrogen) atoms. The fourth-order valence-electron chi connectivity index (χ4n) is 2.15. The molecule has 0 aliphatic heterocycles. The van der Waals surface area contributed by atoms with Crippen LogP contribution in [0.25, 0.3) is 11.0 Å². The maximum Gasteiger partial charge on any atom is 0.338 e. The Hall–Kier alpha value is -2.99. The Labute approximate surface area is 148 Å². The van der Waals surface area contributed by atoms with Gasteiger partial charge in [0, 0.05) is 23.1 Å².